The van der Waals surface area contributed by atoms with Gasteiger partial charge in [0.15, 0.2) is 5.17 Å². The number of pyridine rings is 1. The summed E-state index contributed by atoms with van der Waals surface area (Å²) in [5.74, 6) is -0.0838. The van der Waals surface area contributed by atoms with E-state index in [0.29, 0.717) is 10.9 Å². The maximum absolute atomic E-state index is 12.2. The molecular weight excluding hydrogens is 388 g/mol. The second-order valence-corrected chi connectivity index (χ2v) is 8.00. The summed E-state index contributed by atoms with van der Waals surface area (Å²) in [7, 11) is 0. The topological polar surface area (TPSA) is 58.8 Å². The number of hydrogen-bond acceptors (Lipinski definition) is 4. The van der Waals surface area contributed by atoms with E-state index in [9.17, 15) is 4.79 Å². The first-order valence-corrected chi connectivity index (χ1v) is 9.71. The molecule has 0 spiro atoms. The molecule has 0 radical (unpaired) electrons. The number of carbonyl (C=O) groups is 1. The third kappa shape index (κ3) is 3.28. The smallest absolute Gasteiger partial charge is 0.264 e. The molecule has 1 amide bonds. The van der Waals surface area contributed by atoms with Crippen molar-refractivity contribution in [3.8, 4) is 0 Å². The highest BCUT2D eigenvalue weighted by Crippen LogP contribution is 2.29. The van der Waals surface area contributed by atoms with Crippen LogP contribution in [0.4, 0.5) is 0 Å². The molecule has 1 N–H and O–H groups in total. The molecule has 2 aliphatic rings. The highest BCUT2D eigenvalue weighted by atomic mass is 79.9. The first kappa shape index (κ1) is 15.9. The standard InChI is InChI=1S/C17H17BrN4OS/c18-11-6-7-15-19-9-13(22(15)10-11)8-14-16(23)21-17(24-14)20-12-4-2-1-3-5-12/h6-10,12H,1-5H2,(H,20,21,23)/b14-8-. The number of halogens is 1. The third-order valence-corrected chi connectivity index (χ3v) is 5.70. The Kier molecular flexibility index (Phi) is 4.45. The van der Waals surface area contributed by atoms with Gasteiger partial charge in [-0.25, -0.2) is 4.98 Å². The van der Waals surface area contributed by atoms with Crippen molar-refractivity contribution in [1.82, 2.24) is 14.7 Å². The quantitative estimate of drug-likeness (QED) is 0.769. The van der Waals surface area contributed by atoms with Gasteiger partial charge in [0.2, 0.25) is 0 Å². The second-order valence-electron chi connectivity index (χ2n) is 6.05. The van der Waals surface area contributed by atoms with Gasteiger partial charge < -0.3 is 5.32 Å². The average Bonchev–Trinajstić information content (AvgIpc) is 3.12. The fraction of sp³-hybridized carbons (Fsp3) is 0.353. The summed E-state index contributed by atoms with van der Waals surface area (Å²) in [6.45, 7) is 0. The van der Waals surface area contributed by atoms with Gasteiger partial charge in [0, 0.05) is 10.7 Å². The zero-order chi connectivity index (χ0) is 16.5. The summed E-state index contributed by atoms with van der Waals surface area (Å²) in [6.07, 6.45) is 11.6. The van der Waals surface area contributed by atoms with Crippen molar-refractivity contribution in [2.75, 3.05) is 0 Å². The summed E-state index contributed by atoms with van der Waals surface area (Å²) in [5.41, 5.74) is 1.73. The minimum Gasteiger partial charge on any atom is -0.301 e. The van der Waals surface area contributed by atoms with Gasteiger partial charge in [-0.2, -0.15) is 0 Å². The number of amidine groups is 1. The van der Waals surface area contributed by atoms with Gasteiger partial charge in [-0.1, -0.05) is 19.3 Å². The fourth-order valence-corrected chi connectivity index (χ4v) is 4.29. The Morgan fingerprint density at radius 1 is 1.33 bits per heavy atom. The van der Waals surface area contributed by atoms with Crippen LogP contribution in [0.2, 0.25) is 0 Å². The molecule has 7 heteroatoms. The van der Waals surface area contributed by atoms with E-state index in [4.69, 9.17) is 4.99 Å². The Labute approximate surface area is 152 Å². The Morgan fingerprint density at radius 3 is 3.00 bits per heavy atom. The molecule has 2 fully saturated rings. The Bertz CT molecular complexity index is 851. The number of nitrogens with one attached hydrogen (secondary N) is 1. The molecule has 3 heterocycles. The predicted octanol–water partition coefficient (Wildman–Crippen LogP) is 3.99. The van der Waals surface area contributed by atoms with Crippen molar-refractivity contribution in [3.05, 3.63) is 39.6 Å². The van der Waals surface area contributed by atoms with Crippen LogP contribution in [0.3, 0.4) is 0 Å². The van der Waals surface area contributed by atoms with Crippen molar-refractivity contribution in [3.63, 3.8) is 0 Å². The van der Waals surface area contributed by atoms with Crippen LogP contribution in [0.1, 0.15) is 37.8 Å². The molecule has 0 aromatic carbocycles. The van der Waals surface area contributed by atoms with Crippen LogP contribution in [-0.4, -0.2) is 26.5 Å². The summed E-state index contributed by atoms with van der Waals surface area (Å²) in [5, 5.41) is 3.62. The highest BCUT2D eigenvalue weighted by molar-refractivity contribution is 9.10. The predicted molar refractivity (Wildman–Crippen MR) is 101 cm³/mol. The maximum Gasteiger partial charge on any atom is 0.264 e. The molecule has 0 atom stereocenters. The molecule has 0 unspecified atom stereocenters. The van der Waals surface area contributed by atoms with Gasteiger partial charge in [-0.05, 0) is 58.7 Å². The molecule has 1 aliphatic heterocycles. The lowest BCUT2D eigenvalue weighted by atomic mass is 9.96. The Morgan fingerprint density at radius 2 is 2.17 bits per heavy atom. The number of thioether (sulfide) groups is 1. The molecule has 1 saturated heterocycles. The van der Waals surface area contributed by atoms with E-state index in [1.807, 2.05) is 28.8 Å². The monoisotopic (exact) mass is 404 g/mol. The van der Waals surface area contributed by atoms with Crippen LogP contribution in [-0.2, 0) is 4.79 Å². The molecule has 4 rings (SSSR count). The molecule has 5 nitrogen and oxygen atoms in total. The normalized spacial score (nSPS) is 22.6. The number of aromatic nitrogens is 2. The zero-order valence-electron chi connectivity index (χ0n) is 13.0. The molecule has 2 aromatic rings. The van der Waals surface area contributed by atoms with E-state index < -0.39 is 0 Å². The van der Waals surface area contributed by atoms with Crippen LogP contribution in [0.25, 0.3) is 11.7 Å². The fourth-order valence-electron chi connectivity index (χ4n) is 3.08. The average molecular weight is 405 g/mol. The van der Waals surface area contributed by atoms with E-state index in [-0.39, 0.29) is 5.91 Å². The number of nitrogens with zero attached hydrogens (tertiary/aromatic N) is 3. The number of imidazole rings is 1. The molecule has 1 saturated carbocycles. The molecule has 1 aliphatic carbocycles. The van der Waals surface area contributed by atoms with Gasteiger partial charge in [0.1, 0.15) is 5.65 Å². The number of carbonyl (C=O) groups excluding carboxylic acids is 1. The van der Waals surface area contributed by atoms with E-state index >= 15 is 0 Å². The highest BCUT2D eigenvalue weighted by Gasteiger charge is 2.25. The first-order chi connectivity index (χ1) is 11.7. The summed E-state index contributed by atoms with van der Waals surface area (Å²) >= 11 is 4.89. The van der Waals surface area contributed by atoms with E-state index in [0.717, 1.165) is 33.8 Å². The van der Waals surface area contributed by atoms with Crippen molar-refractivity contribution >= 4 is 50.5 Å². The van der Waals surface area contributed by atoms with Crippen molar-refractivity contribution in [1.29, 1.82) is 0 Å². The van der Waals surface area contributed by atoms with Gasteiger partial charge in [-0.3, -0.25) is 14.2 Å². The van der Waals surface area contributed by atoms with Crippen LogP contribution in [0.15, 0.2) is 38.9 Å². The molecule has 124 valence electrons. The van der Waals surface area contributed by atoms with Crippen LogP contribution < -0.4 is 5.32 Å². The second kappa shape index (κ2) is 6.72. The van der Waals surface area contributed by atoms with E-state index in [2.05, 4.69) is 26.2 Å². The molecule has 2 aromatic heterocycles. The minimum absolute atomic E-state index is 0.0838. The maximum atomic E-state index is 12.2. The molecule has 24 heavy (non-hydrogen) atoms. The van der Waals surface area contributed by atoms with Crippen LogP contribution in [0.5, 0.6) is 0 Å². The molecular formula is C17H17BrN4OS. The third-order valence-electron chi connectivity index (χ3n) is 4.30. The number of aliphatic imine (C=N–C) groups is 1. The van der Waals surface area contributed by atoms with E-state index in [1.165, 1.54) is 31.0 Å². The SMILES string of the molecule is O=C1NC(=NC2CCCCC2)S/C1=C\c1cnc2ccc(Br)cn12. The van der Waals surface area contributed by atoms with Gasteiger partial charge in [0.25, 0.3) is 5.91 Å². The van der Waals surface area contributed by atoms with Crippen LogP contribution in [0, 0.1) is 0 Å². The van der Waals surface area contributed by atoms with Crippen molar-refractivity contribution in [2.45, 2.75) is 38.1 Å². The summed E-state index contributed by atoms with van der Waals surface area (Å²) < 4.78 is 2.93. The van der Waals surface area contributed by atoms with Gasteiger partial charge in [0.05, 0.1) is 22.8 Å². The lowest BCUT2D eigenvalue weighted by molar-refractivity contribution is -0.115. The van der Waals surface area contributed by atoms with Gasteiger partial charge >= 0.3 is 0 Å². The largest absolute Gasteiger partial charge is 0.301 e. The summed E-state index contributed by atoms with van der Waals surface area (Å²) in [4.78, 5) is 22.0. The lowest BCUT2D eigenvalue weighted by Crippen LogP contribution is -2.22. The van der Waals surface area contributed by atoms with Gasteiger partial charge in [-0.15, -0.1) is 0 Å². The van der Waals surface area contributed by atoms with Crippen molar-refractivity contribution < 1.29 is 4.79 Å². The van der Waals surface area contributed by atoms with Crippen LogP contribution >= 0.6 is 27.7 Å². The molecule has 0 bridgehead atoms. The van der Waals surface area contributed by atoms with E-state index in [1.54, 1.807) is 6.20 Å². The Hall–Kier alpha value is -1.60. The zero-order valence-corrected chi connectivity index (χ0v) is 15.4. The number of hydrogen-bond donors (Lipinski definition) is 1. The summed E-state index contributed by atoms with van der Waals surface area (Å²) in [6, 6.07) is 4.24. The number of fused-ring (bicyclic) bond motifs is 1. The minimum atomic E-state index is -0.0838. The van der Waals surface area contributed by atoms with Crippen molar-refractivity contribution in [2.24, 2.45) is 4.99 Å². The number of amides is 1. The lowest BCUT2D eigenvalue weighted by Gasteiger charge is -2.17. The first-order valence-electron chi connectivity index (χ1n) is 8.10. The number of rotatable bonds is 2. The Balaban J connectivity index is 1.59.